The minimum Gasteiger partial charge on any atom is -0.492 e. The molecule has 0 radical (unpaired) electrons. The van der Waals surface area contributed by atoms with Gasteiger partial charge in [0.05, 0.1) is 18.4 Å². The summed E-state index contributed by atoms with van der Waals surface area (Å²) in [6.07, 6.45) is 4.29. The number of aryl methyl sites for hydroxylation is 4. The third kappa shape index (κ3) is 5.35. The molecule has 0 aliphatic carbocycles. The van der Waals surface area contributed by atoms with E-state index >= 15 is 4.39 Å². The monoisotopic (exact) mass is 442 g/mol. The number of benzene rings is 3. The number of nitrogens with zero attached hydrogens (tertiary/aromatic N) is 2. The van der Waals surface area contributed by atoms with Crippen LogP contribution in [0.5, 0.6) is 5.75 Å². The molecule has 0 aliphatic heterocycles. The molecule has 0 amide bonds. The zero-order chi connectivity index (χ0) is 23.2. The average Bonchev–Trinajstić information content (AvgIpc) is 2.83. The van der Waals surface area contributed by atoms with Crippen molar-refractivity contribution in [2.45, 2.75) is 32.6 Å². The zero-order valence-electron chi connectivity index (χ0n) is 18.4. The molecule has 0 saturated heterocycles. The maximum absolute atomic E-state index is 15.1. The number of pyridine rings is 1. The van der Waals surface area contributed by atoms with Crippen molar-refractivity contribution in [1.29, 1.82) is 5.26 Å². The summed E-state index contributed by atoms with van der Waals surface area (Å²) in [5.41, 5.74) is 3.46. The van der Waals surface area contributed by atoms with Gasteiger partial charge in [0.15, 0.2) is 0 Å². The van der Waals surface area contributed by atoms with E-state index in [4.69, 9.17) is 10.00 Å². The Labute approximate surface area is 192 Å². The lowest BCUT2D eigenvalue weighted by atomic mass is 9.97. The van der Waals surface area contributed by atoms with Crippen molar-refractivity contribution in [2.24, 2.45) is 0 Å². The number of hydrogen-bond donors (Lipinski definition) is 0. The predicted molar refractivity (Wildman–Crippen MR) is 125 cm³/mol. The molecule has 166 valence electrons. The minimum atomic E-state index is -0.540. The SMILES string of the molecule is CCOc1ccc(CCc2ccc3c(F)c(CCc4ccc(C#N)c(F)c4)ccc3c2)nc1. The first-order valence-corrected chi connectivity index (χ1v) is 11.0. The Bertz CT molecular complexity index is 1310. The third-order valence-electron chi connectivity index (χ3n) is 5.71. The van der Waals surface area contributed by atoms with Crippen LogP contribution in [-0.2, 0) is 25.7 Å². The lowest BCUT2D eigenvalue weighted by Crippen LogP contribution is -1.98. The van der Waals surface area contributed by atoms with Crippen LogP contribution in [0.2, 0.25) is 0 Å². The van der Waals surface area contributed by atoms with Crippen molar-refractivity contribution in [3.63, 3.8) is 0 Å². The highest BCUT2D eigenvalue weighted by Gasteiger charge is 2.10. The first-order valence-electron chi connectivity index (χ1n) is 11.0. The van der Waals surface area contributed by atoms with Gasteiger partial charge in [-0.2, -0.15) is 5.26 Å². The zero-order valence-corrected chi connectivity index (χ0v) is 18.4. The van der Waals surface area contributed by atoms with Gasteiger partial charge in [0, 0.05) is 11.1 Å². The number of hydrogen-bond acceptors (Lipinski definition) is 3. The van der Waals surface area contributed by atoms with E-state index in [-0.39, 0.29) is 11.4 Å². The van der Waals surface area contributed by atoms with E-state index in [1.807, 2.05) is 49.4 Å². The number of fused-ring (bicyclic) bond motifs is 1. The van der Waals surface area contributed by atoms with Gasteiger partial charge in [-0.25, -0.2) is 8.78 Å². The maximum Gasteiger partial charge on any atom is 0.141 e. The molecule has 3 aromatic carbocycles. The molecule has 0 unspecified atom stereocenters. The first kappa shape index (κ1) is 22.4. The fourth-order valence-electron chi connectivity index (χ4n) is 3.90. The predicted octanol–water partition coefficient (Wildman–Crippen LogP) is 6.35. The summed E-state index contributed by atoms with van der Waals surface area (Å²) in [6, 6.07) is 19.8. The number of aromatic nitrogens is 1. The van der Waals surface area contributed by atoms with Crippen LogP contribution in [0.4, 0.5) is 8.78 Å². The second-order valence-corrected chi connectivity index (χ2v) is 7.94. The molecule has 0 fully saturated rings. The smallest absolute Gasteiger partial charge is 0.141 e. The lowest BCUT2D eigenvalue weighted by Gasteiger charge is -2.09. The second kappa shape index (κ2) is 10.2. The van der Waals surface area contributed by atoms with Crippen molar-refractivity contribution >= 4 is 10.8 Å². The lowest BCUT2D eigenvalue weighted by molar-refractivity contribution is 0.338. The standard InChI is InChI=1S/C28H24F2N2O/c1-2-33-25-13-12-24(32-18-25)11-5-19-6-14-26-22(15-19)10-9-21(28(26)30)7-3-20-4-8-23(17-31)27(29)16-20/h4,6,8-10,12-16,18H,2-3,5,7,11H2,1H3. The topological polar surface area (TPSA) is 45.9 Å². The van der Waals surface area contributed by atoms with Crippen LogP contribution in [0.15, 0.2) is 66.9 Å². The van der Waals surface area contributed by atoms with Gasteiger partial charge >= 0.3 is 0 Å². The summed E-state index contributed by atoms with van der Waals surface area (Å²) in [5, 5.41) is 10.3. The molecule has 0 saturated carbocycles. The first-order chi connectivity index (χ1) is 16.1. The van der Waals surface area contributed by atoms with Crippen LogP contribution in [-0.4, -0.2) is 11.6 Å². The number of rotatable bonds is 8. The Morgan fingerprint density at radius 3 is 2.39 bits per heavy atom. The fraction of sp³-hybridized carbons (Fsp3) is 0.214. The van der Waals surface area contributed by atoms with Crippen molar-refractivity contribution in [3.05, 3.63) is 106 Å². The molecule has 0 spiro atoms. The molecule has 1 aromatic heterocycles. The van der Waals surface area contributed by atoms with Crippen LogP contribution in [0.25, 0.3) is 10.8 Å². The Kier molecular flexibility index (Phi) is 6.95. The minimum absolute atomic E-state index is 0.0183. The van der Waals surface area contributed by atoms with Crippen LogP contribution in [0.1, 0.15) is 34.9 Å². The number of ether oxygens (including phenoxy) is 1. The molecule has 0 bridgehead atoms. The van der Waals surface area contributed by atoms with E-state index in [2.05, 4.69) is 4.98 Å². The van der Waals surface area contributed by atoms with E-state index in [1.165, 1.54) is 12.1 Å². The quantitative estimate of drug-likeness (QED) is 0.319. The second-order valence-electron chi connectivity index (χ2n) is 7.94. The van der Waals surface area contributed by atoms with Gasteiger partial charge in [-0.1, -0.05) is 36.4 Å². The molecule has 0 aliphatic rings. The number of halogens is 2. The highest BCUT2D eigenvalue weighted by molar-refractivity contribution is 5.84. The van der Waals surface area contributed by atoms with Crippen molar-refractivity contribution in [3.8, 4) is 11.8 Å². The van der Waals surface area contributed by atoms with E-state index in [0.717, 1.165) is 40.8 Å². The van der Waals surface area contributed by atoms with E-state index < -0.39 is 5.82 Å². The highest BCUT2D eigenvalue weighted by Crippen LogP contribution is 2.24. The third-order valence-corrected chi connectivity index (χ3v) is 5.71. The maximum atomic E-state index is 15.1. The molecule has 4 aromatic rings. The van der Waals surface area contributed by atoms with Gasteiger partial charge < -0.3 is 4.74 Å². The summed E-state index contributed by atoms with van der Waals surface area (Å²) in [5.74, 6) is -0.00848. The normalized spacial score (nSPS) is 10.8. The van der Waals surface area contributed by atoms with Gasteiger partial charge in [0.25, 0.3) is 0 Å². The molecule has 4 rings (SSSR count). The van der Waals surface area contributed by atoms with Crippen LogP contribution in [0, 0.1) is 23.0 Å². The average molecular weight is 443 g/mol. The Hall–Kier alpha value is -3.78. The van der Waals surface area contributed by atoms with Crippen molar-refractivity contribution < 1.29 is 13.5 Å². The molecule has 33 heavy (non-hydrogen) atoms. The molecule has 0 atom stereocenters. The van der Waals surface area contributed by atoms with Gasteiger partial charge in [-0.15, -0.1) is 0 Å². The van der Waals surface area contributed by atoms with E-state index in [1.54, 1.807) is 18.3 Å². The largest absolute Gasteiger partial charge is 0.492 e. The molecular formula is C28H24F2N2O. The summed E-state index contributed by atoms with van der Waals surface area (Å²) in [6.45, 7) is 2.56. The van der Waals surface area contributed by atoms with Gasteiger partial charge in [-0.05, 0) is 78.9 Å². The Morgan fingerprint density at radius 1 is 0.879 bits per heavy atom. The highest BCUT2D eigenvalue weighted by atomic mass is 19.1. The van der Waals surface area contributed by atoms with Crippen molar-refractivity contribution in [1.82, 2.24) is 4.98 Å². The molecule has 3 nitrogen and oxygen atoms in total. The summed E-state index contributed by atoms with van der Waals surface area (Å²) >= 11 is 0. The number of nitriles is 1. The van der Waals surface area contributed by atoms with Crippen LogP contribution >= 0.6 is 0 Å². The Morgan fingerprint density at radius 2 is 1.67 bits per heavy atom. The fourth-order valence-corrected chi connectivity index (χ4v) is 3.90. The molecular weight excluding hydrogens is 418 g/mol. The summed E-state index contributed by atoms with van der Waals surface area (Å²) < 4.78 is 34.4. The summed E-state index contributed by atoms with van der Waals surface area (Å²) in [4.78, 5) is 4.44. The summed E-state index contributed by atoms with van der Waals surface area (Å²) in [7, 11) is 0. The van der Waals surface area contributed by atoms with Crippen LogP contribution < -0.4 is 4.74 Å². The van der Waals surface area contributed by atoms with Crippen molar-refractivity contribution in [2.75, 3.05) is 6.61 Å². The van der Waals surface area contributed by atoms with Crippen LogP contribution in [0.3, 0.4) is 0 Å². The van der Waals surface area contributed by atoms with Gasteiger partial charge in [-0.3, -0.25) is 4.98 Å². The Balaban J connectivity index is 1.43. The van der Waals surface area contributed by atoms with E-state index in [0.29, 0.717) is 30.4 Å². The molecule has 5 heteroatoms. The van der Waals surface area contributed by atoms with E-state index in [9.17, 15) is 4.39 Å². The molecule has 0 N–H and O–H groups in total. The molecule has 1 heterocycles. The van der Waals surface area contributed by atoms with Gasteiger partial charge in [0.2, 0.25) is 0 Å². The van der Waals surface area contributed by atoms with Gasteiger partial charge in [0.1, 0.15) is 23.5 Å².